The van der Waals surface area contributed by atoms with E-state index in [0.717, 1.165) is 30.8 Å². The maximum atomic E-state index is 12.9. The lowest BCUT2D eigenvalue weighted by molar-refractivity contribution is -0.122. The minimum atomic E-state index is -0.859. The number of carbonyl (C=O) groups is 3. The number of halogens is 2. The summed E-state index contributed by atoms with van der Waals surface area (Å²) in [6.45, 7) is 1.81. The van der Waals surface area contributed by atoms with Gasteiger partial charge in [-0.25, -0.2) is 9.69 Å². The summed E-state index contributed by atoms with van der Waals surface area (Å²) in [5, 5.41) is 2.62. The molecule has 4 rings (SSSR count). The fourth-order valence-corrected chi connectivity index (χ4v) is 3.48. The second-order valence-electron chi connectivity index (χ2n) is 6.43. The Kier molecular flexibility index (Phi) is 4.87. The molecule has 0 radical (unpaired) electrons. The maximum Gasteiger partial charge on any atom is 0.335 e. The summed E-state index contributed by atoms with van der Waals surface area (Å²) in [5.74, 6) is -0.522. The number of benzene rings is 1. The van der Waals surface area contributed by atoms with Gasteiger partial charge in [-0.05, 0) is 43.2 Å². The molecule has 4 amide bonds. The lowest BCUT2D eigenvalue weighted by Gasteiger charge is -2.26. The molecule has 2 aromatic rings. The Bertz CT molecular complexity index is 1010. The lowest BCUT2D eigenvalue weighted by atomic mass is 10.1. The van der Waals surface area contributed by atoms with Gasteiger partial charge in [-0.2, -0.15) is 0 Å². The smallest absolute Gasteiger partial charge is 0.335 e. The zero-order valence-corrected chi connectivity index (χ0v) is 16.1. The predicted octanol–water partition coefficient (Wildman–Crippen LogP) is 3.85. The van der Waals surface area contributed by atoms with Gasteiger partial charge in [-0.1, -0.05) is 23.2 Å². The minimum Gasteiger partial charge on any atom is -0.441 e. The molecule has 0 saturated carbocycles. The Hall–Kier alpha value is -2.77. The van der Waals surface area contributed by atoms with Crippen LogP contribution in [0.3, 0.4) is 0 Å². The number of amides is 4. The summed E-state index contributed by atoms with van der Waals surface area (Å²) in [5.41, 5.74) is -0.0134. The van der Waals surface area contributed by atoms with E-state index in [9.17, 15) is 14.4 Å². The van der Waals surface area contributed by atoms with Crippen molar-refractivity contribution in [2.75, 3.05) is 22.9 Å². The van der Waals surface area contributed by atoms with Crippen LogP contribution in [0.4, 0.5) is 16.4 Å². The molecule has 0 aliphatic carbocycles. The number of urea groups is 1. The minimum absolute atomic E-state index is 0.184. The second-order valence-corrected chi connectivity index (χ2v) is 7.24. The van der Waals surface area contributed by atoms with Gasteiger partial charge in [0, 0.05) is 19.2 Å². The first kappa shape index (κ1) is 18.6. The molecule has 0 unspecified atom stereocenters. The van der Waals surface area contributed by atoms with Crippen LogP contribution in [0.25, 0.3) is 6.08 Å². The third-order valence-electron chi connectivity index (χ3n) is 4.58. The molecule has 28 heavy (non-hydrogen) atoms. The third kappa shape index (κ3) is 3.39. The maximum absolute atomic E-state index is 12.9. The quantitative estimate of drug-likeness (QED) is 0.603. The number of rotatable bonds is 3. The van der Waals surface area contributed by atoms with E-state index >= 15 is 0 Å². The summed E-state index contributed by atoms with van der Waals surface area (Å²) in [4.78, 5) is 40.2. The number of nitrogens with one attached hydrogen (secondary N) is 1. The molecule has 0 spiro atoms. The zero-order chi connectivity index (χ0) is 19.8. The van der Waals surface area contributed by atoms with E-state index in [0.29, 0.717) is 11.6 Å². The Morgan fingerprint density at radius 2 is 1.75 bits per heavy atom. The van der Waals surface area contributed by atoms with Crippen LogP contribution in [-0.2, 0) is 9.59 Å². The van der Waals surface area contributed by atoms with Crippen molar-refractivity contribution >= 4 is 58.7 Å². The third-order valence-corrected chi connectivity index (χ3v) is 5.32. The first-order valence-electron chi connectivity index (χ1n) is 8.65. The molecule has 1 N–H and O–H groups in total. The number of nitrogens with zero attached hydrogens (tertiary/aromatic N) is 2. The Labute approximate surface area is 170 Å². The normalized spacial score (nSPS) is 18.9. The molecular weight excluding hydrogens is 405 g/mol. The van der Waals surface area contributed by atoms with Gasteiger partial charge in [0.1, 0.15) is 11.3 Å². The van der Waals surface area contributed by atoms with Gasteiger partial charge in [0.15, 0.2) is 5.88 Å². The number of imide groups is 2. The predicted molar refractivity (Wildman–Crippen MR) is 106 cm³/mol. The first-order valence-corrected chi connectivity index (χ1v) is 9.41. The van der Waals surface area contributed by atoms with Crippen molar-refractivity contribution in [2.24, 2.45) is 0 Å². The monoisotopic (exact) mass is 419 g/mol. The van der Waals surface area contributed by atoms with Crippen LogP contribution in [0.1, 0.15) is 18.6 Å². The van der Waals surface area contributed by atoms with Gasteiger partial charge in [0.05, 0.1) is 15.7 Å². The standard InChI is InChI=1S/C19H15Cl2N3O4/c20-14-5-3-11(9-15(14)21)24-18(26)13(17(25)22-19(24)27)10-12-4-6-16(28-12)23-7-1-2-8-23/h3-6,9-10H,1-2,7-8H2,(H,22,25,27). The summed E-state index contributed by atoms with van der Waals surface area (Å²) < 4.78 is 5.74. The summed E-state index contributed by atoms with van der Waals surface area (Å²) >= 11 is 11.9. The van der Waals surface area contributed by atoms with Crippen LogP contribution >= 0.6 is 23.2 Å². The van der Waals surface area contributed by atoms with Crippen molar-refractivity contribution in [3.63, 3.8) is 0 Å². The van der Waals surface area contributed by atoms with Gasteiger partial charge in [-0.3, -0.25) is 14.9 Å². The number of furan rings is 1. The van der Waals surface area contributed by atoms with E-state index in [4.69, 9.17) is 27.6 Å². The fraction of sp³-hybridized carbons (Fsp3) is 0.211. The highest BCUT2D eigenvalue weighted by Gasteiger charge is 2.37. The van der Waals surface area contributed by atoms with Gasteiger partial charge < -0.3 is 9.32 Å². The van der Waals surface area contributed by atoms with Crippen LogP contribution < -0.4 is 15.1 Å². The number of hydrogen-bond acceptors (Lipinski definition) is 5. The zero-order valence-electron chi connectivity index (χ0n) is 14.6. The number of barbiturate groups is 1. The molecule has 2 aliphatic rings. The van der Waals surface area contributed by atoms with E-state index in [1.165, 1.54) is 24.3 Å². The van der Waals surface area contributed by atoms with Gasteiger partial charge in [0.25, 0.3) is 11.8 Å². The molecule has 0 atom stereocenters. The molecule has 2 saturated heterocycles. The van der Waals surface area contributed by atoms with Crippen molar-refractivity contribution in [3.05, 3.63) is 51.7 Å². The number of carbonyl (C=O) groups excluding carboxylic acids is 3. The molecule has 0 bridgehead atoms. The van der Waals surface area contributed by atoms with E-state index in [-0.39, 0.29) is 21.3 Å². The van der Waals surface area contributed by atoms with Crippen LogP contribution in [0.2, 0.25) is 10.0 Å². The molecule has 144 valence electrons. The van der Waals surface area contributed by atoms with Crippen molar-refractivity contribution in [1.29, 1.82) is 0 Å². The fourth-order valence-electron chi connectivity index (χ4n) is 3.19. The Morgan fingerprint density at radius 1 is 1.00 bits per heavy atom. The molecule has 2 aliphatic heterocycles. The SMILES string of the molecule is O=C1NC(=O)N(c2ccc(Cl)c(Cl)c2)C(=O)C1=Cc1ccc(N2CCCC2)o1. The highest BCUT2D eigenvalue weighted by atomic mass is 35.5. The molecule has 7 nitrogen and oxygen atoms in total. The highest BCUT2D eigenvalue weighted by Crippen LogP contribution is 2.30. The Morgan fingerprint density at radius 3 is 2.46 bits per heavy atom. The van der Waals surface area contributed by atoms with Crippen LogP contribution in [-0.4, -0.2) is 30.9 Å². The molecule has 2 fully saturated rings. The lowest BCUT2D eigenvalue weighted by Crippen LogP contribution is -2.54. The van der Waals surface area contributed by atoms with Gasteiger partial charge in [-0.15, -0.1) is 0 Å². The van der Waals surface area contributed by atoms with E-state index < -0.39 is 17.8 Å². The average Bonchev–Trinajstić information content (AvgIpc) is 3.33. The second kappa shape index (κ2) is 7.33. The first-order chi connectivity index (χ1) is 13.4. The molecule has 3 heterocycles. The van der Waals surface area contributed by atoms with Crippen molar-refractivity contribution in [2.45, 2.75) is 12.8 Å². The van der Waals surface area contributed by atoms with Crippen LogP contribution in [0.15, 0.2) is 40.3 Å². The highest BCUT2D eigenvalue weighted by molar-refractivity contribution is 6.43. The van der Waals surface area contributed by atoms with E-state index in [1.54, 1.807) is 12.1 Å². The van der Waals surface area contributed by atoms with Crippen LogP contribution in [0, 0.1) is 0 Å². The molecule has 9 heteroatoms. The van der Waals surface area contributed by atoms with E-state index in [2.05, 4.69) is 10.2 Å². The molecular formula is C19H15Cl2N3O4. The topological polar surface area (TPSA) is 82.9 Å². The van der Waals surface area contributed by atoms with Crippen LogP contribution in [0.5, 0.6) is 0 Å². The molecule has 1 aromatic carbocycles. The number of anilines is 2. The van der Waals surface area contributed by atoms with Crippen molar-refractivity contribution in [1.82, 2.24) is 5.32 Å². The largest absolute Gasteiger partial charge is 0.441 e. The van der Waals surface area contributed by atoms with Gasteiger partial charge >= 0.3 is 6.03 Å². The summed E-state index contributed by atoms with van der Waals surface area (Å²) in [7, 11) is 0. The summed E-state index contributed by atoms with van der Waals surface area (Å²) in [6, 6.07) is 6.94. The van der Waals surface area contributed by atoms with E-state index in [1.807, 2.05) is 0 Å². The number of hydrogen-bond donors (Lipinski definition) is 1. The summed E-state index contributed by atoms with van der Waals surface area (Å²) in [6.07, 6.45) is 3.52. The Balaban J connectivity index is 1.65. The van der Waals surface area contributed by atoms with Crippen molar-refractivity contribution < 1.29 is 18.8 Å². The van der Waals surface area contributed by atoms with Crippen molar-refractivity contribution in [3.8, 4) is 0 Å². The van der Waals surface area contributed by atoms with Gasteiger partial charge in [0.2, 0.25) is 0 Å². The average molecular weight is 420 g/mol. The molecule has 1 aromatic heterocycles.